The predicted molar refractivity (Wildman–Crippen MR) is 101 cm³/mol. The zero-order valence-corrected chi connectivity index (χ0v) is 15.1. The average molecular weight is 365 g/mol. The maximum Gasteiger partial charge on any atom is 0.230 e. The summed E-state index contributed by atoms with van der Waals surface area (Å²) in [4.78, 5) is 13.1. The molecule has 6 heteroatoms. The molecule has 1 aromatic carbocycles. The van der Waals surface area contributed by atoms with Crippen molar-refractivity contribution in [3.63, 3.8) is 0 Å². The average Bonchev–Trinajstić information content (AvgIpc) is 3.41. The number of carbonyl (C=O) groups is 1. The summed E-state index contributed by atoms with van der Waals surface area (Å²) in [5.74, 6) is 0.0687. The van der Waals surface area contributed by atoms with Gasteiger partial charge in [0, 0.05) is 37.1 Å². The molecular weight excluding hydrogens is 342 g/mol. The lowest BCUT2D eigenvalue weighted by Crippen LogP contribution is -2.48. The van der Waals surface area contributed by atoms with Gasteiger partial charge in [-0.15, -0.1) is 0 Å². The van der Waals surface area contributed by atoms with Crippen LogP contribution >= 0.6 is 0 Å². The van der Waals surface area contributed by atoms with Crippen molar-refractivity contribution in [2.75, 3.05) is 19.8 Å². The topological polar surface area (TPSA) is 69.3 Å². The predicted octanol–water partition coefficient (Wildman–Crippen LogP) is 3.01. The first-order chi connectivity index (χ1) is 13.3. The molecule has 0 atom stereocenters. The Bertz CT molecular complexity index is 865. The van der Waals surface area contributed by atoms with E-state index in [-0.39, 0.29) is 5.91 Å². The van der Waals surface area contributed by atoms with Crippen molar-refractivity contribution in [3.05, 3.63) is 66.9 Å². The van der Waals surface area contributed by atoms with E-state index in [4.69, 9.17) is 9.15 Å². The van der Waals surface area contributed by atoms with Gasteiger partial charge in [-0.05, 0) is 24.5 Å². The molecule has 140 valence electrons. The van der Waals surface area contributed by atoms with Crippen molar-refractivity contribution >= 4 is 5.91 Å². The Kier molecular flexibility index (Phi) is 5.07. The van der Waals surface area contributed by atoms with Crippen molar-refractivity contribution in [1.29, 1.82) is 0 Å². The number of hydrogen-bond donors (Lipinski definition) is 1. The highest BCUT2D eigenvalue weighted by Gasteiger charge is 2.41. The molecule has 1 saturated heterocycles. The lowest BCUT2D eigenvalue weighted by Gasteiger charge is -2.36. The van der Waals surface area contributed by atoms with Crippen LogP contribution in [-0.4, -0.2) is 35.4 Å². The molecule has 2 aromatic heterocycles. The van der Waals surface area contributed by atoms with E-state index in [1.165, 1.54) is 0 Å². The van der Waals surface area contributed by atoms with Crippen molar-refractivity contribution in [2.45, 2.75) is 24.8 Å². The molecule has 1 amide bonds. The molecule has 3 aromatic rings. The van der Waals surface area contributed by atoms with Gasteiger partial charge in [-0.25, -0.2) is 0 Å². The molecule has 0 aliphatic carbocycles. The highest BCUT2D eigenvalue weighted by Crippen LogP contribution is 2.35. The highest BCUT2D eigenvalue weighted by atomic mass is 16.5. The fourth-order valence-electron chi connectivity index (χ4n) is 3.64. The molecular formula is C21H23N3O3. The second-order valence-corrected chi connectivity index (χ2v) is 6.82. The number of aromatic nitrogens is 2. The molecule has 0 spiro atoms. The molecule has 6 nitrogen and oxygen atoms in total. The first-order valence-corrected chi connectivity index (χ1v) is 9.24. The summed E-state index contributed by atoms with van der Waals surface area (Å²) >= 11 is 0. The number of benzene rings is 1. The van der Waals surface area contributed by atoms with Gasteiger partial charge in [0.15, 0.2) is 0 Å². The van der Waals surface area contributed by atoms with Crippen LogP contribution in [0.2, 0.25) is 0 Å². The normalized spacial score (nSPS) is 16.1. The Morgan fingerprint density at radius 3 is 2.70 bits per heavy atom. The second kappa shape index (κ2) is 7.80. The fourth-order valence-corrected chi connectivity index (χ4v) is 3.64. The van der Waals surface area contributed by atoms with Gasteiger partial charge in [-0.2, -0.15) is 5.10 Å². The van der Waals surface area contributed by atoms with Gasteiger partial charge >= 0.3 is 0 Å². The van der Waals surface area contributed by atoms with Crippen LogP contribution in [0.15, 0.2) is 65.7 Å². The van der Waals surface area contributed by atoms with Gasteiger partial charge < -0.3 is 14.5 Å². The first-order valence-electron chi connectivity index (χ1n) is 9.24. The Labute approximate surface area is 158 Å². The molecule has 4 rings (SSSR count). The van der Waals surface area contributed by atoms with Gasteiger partial charge in [0.1, 0.15) is 0 Å². The Morgan fingerprint density at radius 2 is 1.96 bits per heavy atom. The zero-order valence-electron chi connectivity index (χ0n) is 15.1. The molecule has 1 aliphatic rings. The summed E-state index contributed by atoms with van der Waals surface area (Å²) in [6.07, 6.45) is 8.50. The van der Waals surface area contributed by atoms with E-state index >= 15 is 0 Å². The van der Waals surface area contributed by atoms with Crippen LogP contribution in [0, 0.1) is 0 Å². The monoisotopic (exact) mass is 365 g/mol. The Hall–Kier alpha value is -2.86. The van der Waals surface area contributed by atoms with E-state index in [0.29, 0.717) is 39.1 Å². The Morgan fingerprint density at radius 1 is 1.15 bits per heavy atom. The van der Waals surface area contributed by atoms with E-state index in [2.05, 4.69) is 10.4 Å². The molecule has 1 fully saturated rings. The van der Waals surface area contributed by atoms with Gasteiger partial charge in [0.05, 0.1) is 30.7 Å². The standard InChI is InChI=1S/C21H23N3O3/c25-20(21(7-12-26-13-8-21)19-4-2-1-3-5-19)22-9-10-24-15-18(14-23-24)17-6-11-27-16-17/h1-6,11,14-16H,7-10,12-13H2,(H,22,25). The number of amides is 1. The first kappa shape index (κ1) is 17.5. The number of furan rings is 1. The van der Waals surface area contributed by atoms with Crippen LogP contribution in [-0.2, 0) is 21.5 Å². The minimum atomic E-state index is -0.508. The van der Waals surface area contributed by atoms with Crippen molar-refractivity contribution < 1.29 is 13.9 Å². The zero-order chi connectivity index (χ0) is 18.5. The molecule has 0 unspecified atom stereocenters. The smallest absolute Gasteiger partial charge is 0.230 e. The number of rotatable bonds is 6. The molecule has 1 aliphatic heterocycles. The molecule has 0 bridgehead atoms. The SMILES string of the molecule is O=C(NCCn1cc(-c2ccoc2)cn1)C1(c2ccccc2)CCOCC1. The van der Waals surface area contributed by atoms with Crippen LogP contribution in [0.3, 0.4) is 0 Å². The fraction of sp³-hybridized carbons (Fsp3) is 0.333. The number of nitrogens with one attached hydrogen (secondary N) is 1. The van der Waals surface area contributed by atoms with E-state index in [0.717, 1.165) is 16.7 Å². The summed E-state index contributed by atoms with van der Waals surface area (Å²) < 4.78 is 12.4. The van der Waals surface area contributed by atoms with Gasteiger partial charge in [0.25, 0.3) is 0 Å². The largest absolute Gasteiger partial charge is 0.472 e. The summed E-state index contributed by atoms with van der Waals surface area (Å²) in [5.41, 5.74) is 2.55. The van der Waals surface area contributed by atoms with Gasteiger partial charge in [-0.1, -0.05) is 30.3 Å². The third-order valence-electron chi connectivity index (χ3n) is 5.22. The minimum absolute atomic E-state index is 0.0687. The minimum Gasteiger partial charge on any atom is -0.472 e. The van der Waals surface area contributed by atoms with Crippen LogP contribution in [0.4, 0.5) is 0 Å². The van der Waals surface area contributed by atoms with Crippen LogP contribution in [0.5, 0.6) is 0 Å². The van der Waals surface area contributed by atoms with Crippen molar-refractivity contribution in [3.8, 4) is 11.1 Å². The molecule has 3 heterocycles. The van der Waals surface area contributed by atoms with Gasteiger partial charge in [-0.3, -0.25) is 9.48 Å². The quantitative estimate of drug-likeness (QED) is 0.729. The second-order valence-electron chi connectivity index (χ2n) is 6.82. The number of nitrogens with zero attached hydrogens (tertiary/aromatic N) is 2. The van der Waals surface area contributed by atoms with Crippen molar-refractivity contribution in [1.82, 2.24) is 15.1 Å². The lowest BCUT2D eigenvalue weighted by molar-refractivity contribution is -0.130. The summed E-state index contributed by atoms with van der Waals surface area (Å²) in [6, 6.07) is 11.9. The van der Waals surface area contributed by atoms with Crippen LogP contribution < -0.4 is 5.32 Å². The maximum absolute atomic E-state index is 13.1. The molecule has 1 N–H and O–H groups in total. The van der Waals surface area contributed by atoms with Crippen LogP contribution in [0.1, 0.15) is 18.4 Å². The van der Waals surface area contributed by atoms with E-state index in [1.807, 2.05) is 47.3 Å². The number of ether oxygens (including phenoxy) is 1. The number of carbonyl (C=O) groups excluding carboxylic acids is 1. The van der Waals surface area contributed by atoms with Gasteiger partial charge in [0.2, 0.25) is 5.91 Å². The van der Waals surface area contributed by atoms with E-state index < -0.39 is 5.41 Å². The molecule has 0 saturated carbocycles. The number of hydrogen-bond acceptors (Lipinski definition) is 4. The van der Waals surface area contributed by atoms with E-state index in [1.54, 1.807) is 18.7 Å². The summed E-state index contributed by atoms with van der Waals surface area (Å²) in [7, 11) is 0. The molecule has 0 radical (unpaired) electrons. The Balaban J connectivity index is 1.40. The summed E-state index contributed by atoms with van der Waals surface area (Å²) in [5, 5.41) is 7.47. The van der Waals surface area contributed by atoms with Crippen molar-refractivity contribution in [2.24, 2.45) is 0 Å². The third-order valence-corrected chi connectivity index (χ3v) is 5.22. The van der Waals surface area contributed by atoms with Crippen LogP contribution in [0.25, 0.3) is 11.1 Å². The highest BCUT2D eigenvalue weighted by molar-refractivity contribution is 5.88. The maximum atomic E-state index is 13.1. The molecule has 27 heavy (non-hydrogen) atoms. The third kappa shape index (κ3) is 3.66. The van der Waals surface area contributed by atoms with E-state index in [9.17, 15) is 4.79 Å². The summed E-state index contributed by atoms with van der Waals surface area (Å²) in [6.45, 7) is 2.36. The lowest BCUT2D eigenvalue weighted by atomic mass is 9.73.